The summed E-state index contributed by atoms with van der Waals surface area (Å²) in [6.45, 7) is 0. The number of nitrogens with one attached hydrogen (secondary N) is 1. The first-order valence-corrected chi connectivity index (χ1v) is 8.12. The summed E-state index contributed by atoms with van der Waals surface area (Å²) in [6.07, 6.45) is 1.04. The Labute approximate surface area is 143 Å². The molecule has 0 saturated heterocycles. The number of rotatable bonds is 4. The van der Waals surface area contributed by atoms with E-state index in [1.165, 1.54) is 5.56 Å². The summed E-state index contributed by atoms with van der Waals surface area (Å²) in [6, 6.07) is 17.1. The van der Waals surface area contributed by atoms with Crippen LogP contribution in [0.5, 0.6) is 0 Å². The summed E-state index contributed by atoms with van der Waals surface area (Å²) >= 11 is 5.37. The molecular weight excluding hydrogens is 322 g/mol. The molecule has 1 heterocycles. The molecule has 1 aliphatic carbocycles. The van der Waals surface area contributed by atoms with Gasteiger partial charge in [0.15, 0.2) is 4.77 Å². The molecule has 3 aromatic rings. The third-order valence-corrected chi connectivity index (χ3v) is 4.69. The molecule has 0 unspecified atom stereocenters. The van der Waals surface area contributed by atoms with E-state index in [1.807, 2.05) is 22.8 Å². The highest BCUT2D eigenvalue weighted by atomic mass is 32.1. The molecule has 0 aliphatic heterocycles. The van der Waals surface area contributed by atoms with E-state index in [4.69, 9.17) is 17.3 Å². The highest BCUT2D eigenvalue weighted by Gasteiger charge is 2.43. The van der Waals surface area contributed by atoms with Gasteiger partial charge in [-0.3, -0.25) is 9.67 Å². The van der Waals surface area contributed by atoms with Crippen LogP contribution in [0.25, 0.3) is 5.69 Å². The van der Waals surface area contributed by atoms with Gasteiger partial charge in [0.25, 0.3) is 0 Å². The predicted molar refractivity (Wildman–Crippen MR) is 92.2 cm³/mol. The van der Waals surface area contributed by atoms with Gasteiger partial charge >= 0.3 is 5.97 Å². The molecule has 5 nitrogen and oxygen atoms in total. The van der Waals surface area contributed by atoms with Crippen LogP contribution in [0, 0.1) is 4.77 Å². The number of carboxylic acid groups (broad SMARTS) is 1. The van der Waals surface area contributed by atoms with E-state index in [-0.39, 0.29) is 5.56 Å². The first-order chi connectivity index (χ1) is 11.6. The van der Waals surface area contributed by atoms with Gasteiger partial charge in [0.1, 0.15) is 5.82 Å². The van der Waals surface area contributed by atoms with Crippen molar-refractivity contribution in [3.63, 3.8) is 0 Å². The average Bonchev–Trinajstić information content (AvgIpc) is 3.31. The fourth-order valence-electron chi connectivity index (χ4n) is 3.11. The summed E-state index contributed by atoms with van der Waals surface area (Å²) in [5, 5.41) is 16.3. The number of aromatic nitrogens is 3. The molecule has 2 atom stereocenters. The summed E-state index contributed by atoms with van der Waals surface area (Å²) < 4.78 is 2.42. The van der Waals surface area contributed by atoms with Crippen LogP contribution in [0.1, 0.15) is 40.0 Å². The number of aromatic carboxylic acids is 1. The smallest absolute Gasteiger partial charge is 0.335 e. The Morgan fingerprint density at radius 3 is 2.50 bits per heavy atom. The molecule has 0 spiro atoms. The van der Waals surface area contributed by atoms with Gasteiger partial charge in [-0.1, -0.05) is 30.3 Å². The average molecular weight is 337 g/mol. The van der Waals surface area contributed by atoms with Crippen molar-refractivity contribution in [2.75, 3.05) is 0 Å². The van der Waals surface area contributed by atoms with E-state index in [2.05, 4.69) is 22.3 Å². The first kappa shape index (κ1) is 14.8. The van der Waals surface area contributed by atoms with E-state index in [1.54, 1.807) is 24.3 Å². The second-order valence-electron chi connectivity index (χ2n) is 5.93. The molecule has 120 valence electrons. The van der Waals surface area contributed by atoms with Gasteiger partial charge < -0.3 is 5.11 Å². The van der Waals surface area contributed by atoms with Gasteiger partial charge in [-0.15, -0.1) is 0 Å². The molecule has 1 fully saturated rings. The maximum absolute atomic E-state index is 11.0. The number of carbonyl (C=O) groups is 1. The number of benzene rings is 2. The summed E-state index contributed by atoms with van der Waals surface area (Å²) in [4.78, 5) is 11.0. The lowest BCUT2D eigenvalue weighted by atomic mass is 10.1. The fraction of sp³-hybridized carbons (Fsp3) is 0.167. The van der Waals surface area contributed by atoms with Gasteiger partial charge in [-0.2, -0.15) is 5.10 Å². The minimum absolute atomic E-state index is 0.254. The van der Waals surface area contributed by atoms with Crippen LogP contribution >= 0.6 is 12.2 Å². The lowest BCUT2D eigenvalue weighted by Gasteiger charge is -2.07. The van der Waals surface area contributed by atoms with E-state index in [9.17, 15) is 4.79 Å². The SMILES string of the molecule is O=C(O)c1ccc(-n2c([C@@H]3C[C@H]3c3ccccc3)n[nH]c2=S)cc1. The molecule has 0 amide bonds. The van der Waals surface area contributed by atoms with Crippen molar-refractivity contribution in [1.29, 1.82) is 0 Å². The minimum atomic E-state index is -0.941. The maximum Gasteiger partial charge on any atom is 0.335 e. The van der Waals surface area contributed by atoms with Crippen LogP contribution < -0.4 is 0 Å². The number of aromatic amines is 1. The summed E-state index contributed by atoms with van der Waals surface area (Å²) in [7, 11) is 0. The Kier molecular flexibility index (Phi) is 3.54. The Hall–Kier alpha value is -2.73. The molecule has 24 heavy (non-hydrogen) atoms. The van der Waals surface area contributed by atoms with Crippen LogP contribution in [0.15, 0.2) is 54.6 Å². The number of nitrogens with zero attached hydrogens (tertiary/aromatic N) is 2. The zero-order chi connectivity index (χ0) is 16.7. The van der Waals surface area contributed by atoms with Gasteiger partial charge in [0.2, 0.25) is 0 Å². The highest BCUT2D eigenvalue weighted by Crippen LogP contribution is 2.54. The third-order valence-electron chi connectivity index (χ3n) is 4.42. The zero-order valence-corrected chi connectivity index (χ0v) is 13.5. The Morgan fingerprint density at radius 1 is 1.12 bits per heavy atom. The summed E-state index contributed by atoms with van der Waals surface area (Å²) in [5.74, 6) is 0.730. The quantitative estimate of drug-likeness (QED) is 0.708. The second-order valence-corrected chi connectivity index (χ2v) is 6.32. The lowest BCUT2D eigenvalue weighted by Crippen LogP contribution is -2.02. The van der Waals surface area contributed by atoms with Crippen LogP contribution in [-0.2, 0) is 0 Å². The third kappa shape index (κ3) is 2.55. The zero-order valence-electron chi connectivity index (χ0n) is 12.7. The van der Waals surface area contributed by atoms with Gasteiger partial charge in [-0.25, -0.2) is 4.79 Å². The van der Waals surface area contributed by atoms with Crippen molar-refractivity contribution in [2.24, 2.45) is 0 Å². The molecule has 4 rings (SSSR count). The monoisotopic (exact) mass is 337 g/mol. The Morgan fingerprint density at radius 2 is 1.83 bits per heavy atom. The first-order valence-electron chi connectivity index (χ1n) is 7.71. The van der Waals surface area contributed by atoms with Crippen LogP contribution in [0.2, 0.25) is 0 Å². The highest BCUT2D eigenvalue weighted by molar-refractivity contribution is 7.71. The Balaban J connectivity index is 1.68. The molecule has 2 N–H and O–H groups in total. The normalized spacial score (nSPS) is 19.2. The largest absolute Gasteiger partial charge is 0.478 e. The van der Waals surface area contributed by atoms with Crippen molar-refractivity contribution in [1.82, 2.24) is 14.8 Å². The molecule has 1 aromatic heterocycles. The van der Waals surface area contributed by atoms with Crippen molar-refractivity contribution < 1.29 is 9.90 Å². The van der Waals surface area contributed by atoms with E-state index < -0.39 is 5.97 Å². The van der Waals surface area contributed by atoms with E-state index >= 15 is 0 Å². The second kappa shape index (κ2) is 5.72. The van der Waals surface area contributed by atoms with E-state index in [0.717, 1.165) is 17.9 Å². The molecular formula is C18H15N3O2S. The van der Waals surface area contributed by atoms with Crippen molar-refractivity contribution in [3.05, 3.63) is 76.3 Å². The standard InChI is InChI=1S/C18H15N3O2S/c22-17(23)12-6-8-13(9-7-12)21-16(19-20-18(21)24)15-10-14(15)11-4-2-1-3-5-11/h1-9,14-15H,10H2,(H,20,24)(H,22,23)/t14-,15+/m0/s1. The molecule has 0 bridgehead atoms. The van der Waals surface area contributed by atoms with Crippen molar-refractivity contribution in [2.45, 2.75) is 18.3 Å². The van der Waals surface area contributed by atoms with Gasteiger partial charge in [-0.05, 0) is 54.4 Å². The van der Waals surface area contributed by atoms with Crippen molar-refractivity contribution in [3.8, 4) is 5.69 Å². The number of carboxylic acids is 1. The van der Waals surface area contributed by atoms with E-state index in [0.29, 0.717) is 16.6 Å². The van der Waals surface area contributed by atoms with Crippen LogP contribution in [0.4, 0.5) is 0 Å². The van der Waals surface area contributed by atoms with Crippen LogP contribution in [-0.4, -0.2) is 25.8 Å². The molecule has 0 radical (unpaired) electrons. The summed E-state index contributed by atoms with van der Waals surface area (Å²) in [5.41, 5.74) is 2.39. The predicted octanol–water partition coefficient (Wildman–Crippen LogP) is 3.90. The number of hydrogen-bond acceptors (Lipinski definition) is 3. The lowest BCUT2D eigenvalue weighted by molar-refractivity contribution is 0.0697. The fourth-order valence-corrected chi connectivity index (χ4v) is 3.35. The molecule has 1 saturated carbocycles. The molecule has 1 aliphatic rings. The number of hydrogen-bond donors (Lipinski definition) is 2. The molecule has 6 heteroatoms. The van der Waals surface area contributed by atoms with Crippen molar-refractivity contribution >= 4 is 18.2 Å². The minimum Gasteiger partial charge on any atom is -0.478 e. The molecule has 2 aromatic carbocycles. The maximum atomic E-state index is 11.0. The van der Waals surface area contributed by atoms with Gasteiger partial charge in [0, 0.05) is 11.6 Å². The Bertz CT molecular complexity index is 944. The number of H-pyrrole nitrogens is 1. The topological polar surface area (TPSA) is 70.9 Å². The van der Waals surface area contributed by atoms with Crippen LogP contribution in [0.3, 0.4) is 0 Å². The van der Waals surface area contributed by atoms with Gasteiger partial charge in [0.05, 0.1) is 5.56 Å².